The summed E-state index contributed by atoms with van der Waals surface area (Å²) in [6, 6.07) is 81.4. The number of hydrogen-bond donors (Lipinski definition) is 3. The monoisotopic (exact) mass is 854 g/mol. The van der Waals surface area contributed by atoms with Gasteiger partial charge in [0.25, 0.3) is 0 Å². The van der Waals surface area contributed by atoms with E-state index in [1.807, 2.05) is 72.8 Å². The number of nitrogens with zero attached hydrogens (tertiary/aromatic N) is 1. The Hall–Kier alpha value is -7.60. The summed E-state index contributed by atoms with van der Waals surface area (Å²) in [6.07, 6.45) is 0. The first-order valence-electron chi connectivity index (χ1n) is 20.1. The van der Waals surface area contributed by atoms with Gasteiger partial charge >= 0.3 is 0 Å². The molecule has 0 aliphatic rings. The van der Waals surface area contributed by atoms with E-state index in [1.165, 1.54) is 21.5 Å². The number of aromatic hydroxyl groups is 2. The van der Waals surface area contributed by atoms with Crippen LogP contribution in [0, 0.1) is 0 Å². The lowest BCUT2D eigenvalue weighted by molar-refractivity contribution is 0.475. The summed E-state index contributed by atoms with van der Waals surface area (Å²) >= 11 is 3.39. The van der Waals surface area contributed by atoms with Gasteiger partial charge in [0.1, 0.15) is 11.5 Å². The molecule has 4 nitrogen and oxygen atoms in total. The number of nitrogens with one attached hydrogen (secondary N) is 1. The van der Waals surface area contributed by atoms with Gasteiger partial charge in [-0.15, -0.1) is 0 Å². The number of anilines is 5. The molecule has 61 heavy (non-hydrogen) atoms. The molecule has 0 radical (unpaired) electrons. The van der Waals surface area contributed by atoms with Crippen molar-refractivity contribution in [2.24, 2.45) is 0 Å². The topological polar surface area (TPSA) is 55.7 Å². The molecule has 0 aromatic heterocycles. The molecule has 0 amide bonds. The van der Waals surface area contributed by atoms with Crippen molar-refractivity contribution in [3.63, 3.8) is 0 Å². The van der Waals surface area contributed by atoms with Crippen molar-refractivity contribution in [2.45, 2.75) is 0 Å². The second-order valence-electron chi connectivity index (χ2n) is 14.3. The van der Waals surface area contributed by atoms with E-state index < -0.39 is 0 Å². The van der Waals surface area contributed by atoms with Crippen molar-refractivity contribution in [3.8, 4) is 33.8 Å². The lowest BCUT2D eigenvalue weighted by Crippen LogP contribution is -2.10. The quantitative estimate of drug-likeness (QED) is 0.149. The van der Waals surface area contributed by atoms with E-state index in [4.69, 9.17) is 5.11 Å². The first-order valence-corrected chi connectivity index (χ1v) is 20.8. The molecule has 0 aliphatic heterocycles. The molecular weight excluding hydrogens is 813 g/mol. The number of hydrogen-bond acceptors (Lipinski definition) is 4. The van der Waals surface area contributed by atoms with E-state index in [1.54, 1.807) is 24.3 Å². The molecule has 0 unspecified atom stereocenters. The van der Waals surface area contributed by atoms with Crippen LogP contribution in [-0.4, -0.2) is 10.2 Å². The summed E-state index contributed by atoms with van der Waals surface area (Å²) in [6.45, 7) is 0. The Morgan fingerprint density at radius 3 is 1.33 bits per heavy atom. The molecule has 0 atom stereocenters. The lowest BCUT2D eigenvalue weighted by atomic mass is 10.0. The Bertz CT molecular complexity index is 2880. The van der Waals surface area contributed by atoms with E-state index in [9.17, 15) is 5.11 Å². The van der Waals surface area contributed by atoms with Gasteiger partial charge in [0, 0.05) is 38.0 Å². The average Bonchev–Trinajstić information content (AvgIpc) is 3.32. The Morgan fingerprint density at radius 1 is 0.344 bits per heavy atom. The van der Waals surface area contributed by atoms with Crippen LogP contribution in [0.2, 0.25) is 0 Å². The molecule has 0 saturated carbocycles. The van der Waals surface area contributed by atoms with E-state index in [0.29, 0.717) is 5.75 Å². The predicted octanol–water partition coefficient (Wildman–Crippen LogP) is 16.1. The number of phenolic OH excluding ortho intramolecular Hbond substituents is 2. The summed E-state index contributed by atoms with van der Waals surface area (Å²) in [5.74, 6) is 0.576. The van der Waals surface area contributed by atoms with Crippen molar-refractivity contribution in [1.82, 2.24) is 0 Å². The van der Waals surface area contributed by atoms with E-state index in [0.717, 1.165) is 55.2 Å². The van der Waals surface area contributed by atoms with Crippen molar-refractivity contribution in [1.29, 1.82) is 0 Å². The molecule has 10 aromatic rings. The van der Waals surface area contributed by atoms with Crippen LogP contribution in [0.3, 0.4) is 0 Å². The van der Waals surface area contributed by atoms with Crippen molar-refractivity contribution in [2.75, 3.05) is 10.2 Å². The minimum absolute atomic E-state index is 0.279. The number of fused-ring (bicyclic) bond motifs is 2. The highest BCUT2D eigenvalue weighted by Gasteiger charge is 2.15. The fourth-order valence-corrected chi connectivity index (χ4v) is 7.44. The van der Waals surface area contributed by atoms with Gasteiger partial charge in [-0.05, 0) is 118 Å². The smallest absolute Gasteiger partial charge is 0.115 e. The first kappa shape index (κ1) is 40.2. The Morgan fingerprint density at radius 2 is 0.754 bits per heavy atom. The van der Waals surface area contributed by atoms with Gasteiger partial charge in [-0.2, -0.15) is 0 Å². The minimum atomic E-state index is 0.279. The SMILES string of the molecule is Oc1ccc(-c2ccc(Br)cc2)cc1.Oc1ccc(-c2ccc(N(c3ccccc3)c3cccc4ccccc34)cc2)cc1.c1ccc(Nc2cccc3ccccc23)cc1. The molecule has 0 spiro atoms. The highest BCUT2D eigenvalue weighted by molar-refractivity contribution is 9.10. The minimum Gasteiger partial charge on any atom is -0.508 e. The largest absolute Gasteiger partial charge is 0.508 e. The highest BCUT2D eigenvalue weighted by Crippen LogP contribution is 2.39. The normalized spacial score (nSPS) is 10.5. The van der Waals surface area contributed by atoms with Crippen LogP contribution in [-0.2, 0) is 0 Å². The zero-order chi connectivity index (χ0) is 41.8. The van der Waals surface area contributed by atoms with E-state index in [-0.39, 0.29) is 5.75 Å². The van der Waals surface area contributed by atoms with Crippen molar-refractivity contribution >= 4 is 65.9 Å². The molecule has 3 N–H and O–H groups in total. The Labute approximate surface area is 365 Å². The van der Waals surface area contributed by atoms with E-state index in [2.05, 4.69) is 172 Å². The van der Waals surface area contributed by atoms with Crippen LogP contribution in [0.25, 0.3) is 43.8 Å². The van der Waals surface area contributed by atoms with Crippen LogP contribution in [0.15, 0.2) is 247 Å². The third kappa shape index (κ3) is 10.2. The molecule has 296 valence electrons. The first-order chi connectivity index (χ1) is 30.0. The Kier molecular flexibility index (Phi) is 12.8. The highest BCUT2D eigenvalue weighted by atomic mass is 79.9. The molecule has 0 aliphatic carbocycles. The molecule has 0 fully saturated rings. The van der Waals surface area contributed by atoms with Crippen LogP contribution in [0.4, 0.5) is 28.4 Å². The zero-order valence-corrected chi connectivity index (χ0v) is 34.9. The lowest BCUT2D eigenvalue weighted by Gasteiger charge is -2.27. The van der Waals surface area contributed by atoms with Crippen LogP contribution in [0.1, 0.15) is 0 Å². The number of rotatable bonds is 7. The van der Waals surface area contributed by atoms with Gasteiger partial charge in [-0.25, -0.2) is 0 Å². The predicted molar refractivity (Wildman–Crippen MR) is 261 cm³/mol. The number of benzene rings is 10. The van der Waals surface area contributed by atoms with Crippen LogP contribution in [0.5, 0.6) is 11.5 Å². The fraction of sp³-hybridized carbons (Fsp3) is 0. The van der Waals surface area contributed by atoms with E-state index >= 15 is 0 Å². The fourth-order valence-electron chi connectivity index (χ4n) is 7.17. The maximum Gasteiger partial charge on any atom is 0.115 e. The molecule has 0 saturated heterocycles. The average molecular weight is 856 g/mol. The van der Waals surface area contributed by atoms with Crippen LogP contribution >= 0.6 is 15.9 Å². The maximum atomic E-state index is 9.55. The summed E-state index contributed by atoms with van der Waals surface area (Å²) in [4.78, 5) is 2.29. The third-order valence-electron chi connectivity index (χ3n) is 10.2. The second-order valence-corrected chi connectivity index (χ2v) is 15.3. The molecule has 0 bridgehead atoms. The van der Waals surface area contributed by atoms with Gasteiger partial charge in [0.15, 0.2) is 0 Å². The second kappa shape index (κ2) is 19.4. The third-order valence-corrected chi connectivity index (χ3v) is 10.8. The van der Waals surface area contributed by atoms with Gasteiger partial charge < -0.3 is 20.4 Å². The maximum absolute atomic E-state index is 9.55. The van der Waals surface area contributed by atoms with Crippen molar-refractivity contribution in [3.05, 3.63) is 247 Å². The number of phenols is 2. The van der Waals surface area contributed by atoms with Crippen LogP contribution < -0.4 is 10.2 Å². The molecule has 5 heteroatoms. The molecule has 0 heterocycles. The van der Waals surface area contributed by atoms with Gasteiger partial charge in [-0.1, -0.05) is 174 Å². The molecular formula is C56H43BrN2O2. The number of para-hydroxylation sites is 2. The van der Waals surface area contributed by atoms with Gasteiger partial charge in [-0.3, -0.25) is 0 Å². The zero-order valence-electron chi connectivity index (χ0n) is 33.3. The summed E-state index contributed by atoms with van der Waals surface area (Å²) in [5, 5.41) is 27.1. The Balaban J connectivity index is 0.000000140. The molecule has 10 aromatic carbocycles. The molecule has 10 rings (SSSR count). The van der Waals surface area contributed by atoms with Crippen molar-refractivity contribution < 1.29 is 10.2 Å². The summed E-state index contributed by atoms with van der Waals surface area (Å²) in [7, 11) is 0. The van der Waals surface area contributed by atoms with Gasteiger partial charge in [0.05, 0.1) is 5.69 Å². The summed E-state index contributed by atoms with van der Waals surface area (Å²) < 4.78 is 1.07. The standard InChI is InChI=1S/C28H21NO.C16H13N.C12H9BrO/c30-26-19-15-22(16-20-26)21-13-17-25(18-14-21)29(24-9-2-1-3-10-24)28-12-6-8-23-7-4-5-11-27(23)28;1-2-9-14(10-3-1)17-16-12-6-8-13-7-4-5-11-15(13)16;13-11-5-1-9(2-6-11)10-3-7-12(14)8-4-10/h1-20,30H;1-12,17H;1-8,14H. The summed E-state index contributed by atoms with van der Waals surface area (Å²) in [5.41, 5.74) is 10.1. The van der Waals surface area contributed by atoms with Gasteiger partial charge in [0.2, 0.25) is 0 Å². The number of halogens is 1.